The first-order valence-corrected chi connectivity index (χ1v) is 7.64. The van der Waals surface area contributed by atoms with Crippen LogP contribution < -0.4 is 5.73 Å². The Morgan fingerprint density at radius 1 is 1.39 bits per heavy atom. The molecule has 1 atom stereocenters. The fourth-order valence-corrected chi connectivity index (χ4v) is 2.67. The highest BCUT2D eigenvalue weighted by molar-refractivity contribution is 5.80. The highest BCUT2D eigenvalue weighted by Crippen LogP contribution is 2.25. The quantitative estimate of drug-likeness (QED) is 0.844. The molecule has 9 heteroatoms. The molecule has 1 amide bonds. The molecule has 2 N–H and O–H groups in total. The minimum Gasteiger partial charge on any atom is -0.444 e. The van der Waals surface area contributed by atoms with E-state index in [4.69, 9.17) is 10.5 Å². The van der Waals surface area contributed by atoms with Gasteiger partial charge in [0.2, 0.25) is 0 Å². The molecule has 3 rings (SSSR count). The number of piperidine rings is 1. The van der Waals surface area contributed by atoms with Crippen LogP contribution in [0.25, 0.3) is 11.2 Å². The van der Waals surface area contributed by atoms with Gasteiger partial charge < -0.3 is 15.4 Å². The normalized spacial score (nSPS) is 19.1. The fraction of sp³-hybridized carbons (Fsp3) is 0.643. The van der Waals surface area contributed by atoms with E-state index in [9.17, 15) is 4.79 Å². The number of nitrogens with zero attached hydrogens (tertiary/aromatic N) is 6. The summed E-state index contributed by atoms with van der Waals surface area (Å²) in [4.78, 5) is 22.1. The molecule has 1 aliphatic heterocycles. The molecule has 3 heterocycles. The van der Waals surface area contributed by atoms with Crippen LogP contribution in [0.1, 0.15) is 39.7 Å². The fourth-order valence-electron chi connectivity index (χ4n) is 2.67. The van der Waals surface area contributed by atoms with Crippen molar-refractivity contribution in [1.82, 2.24) is 29.9 Å². The molecule has 1 saturated heterocycles. The van der Waals surface area contributed by atoms with Gasteiger partial charge in [0.25, 0.3) is 0 Å². The molecule has 1 unspecified atom stereocenters. The van der Waals surface area contributed by atoms with E-state index >= 15 is 0 Å². The first kappa shape index (κ1) is 15.4. The Labute approximate surface area is 133 Å². The number of hydrogen-bond donors (Lipinski definition) is 1. The van der Waals surface area contributed by atoms with Gasteiger partial charge >= 0.3 is 6.09 Å². The van der Waals surface area contributed by atoms with E-state index in [2.05, 4.69) is 20.3 Å². The summed E-state index contributed by atoms with van der Waals surface area (Å²) in [5.74, 6) is 0.307. The van der Waals surface area contributed by atoms with Gasteiger partial charge in [-0.1, -0.05) is 5.21 Å². The Balaban J connectivity index is 1.80. The molecular formula is C14H21N7O2. The lowest BCUT2D eigenvalue weighted by atomic mass is 10.1. The molecule has 0 spiro atoms. The van der Waals surface area contributed by atoms with Crippen LogP contribution in [-0.4, -0.2) is 54.6 Å². The molecule has 0 radical (unpaired) electrons. The number of carbonyl (C=O) groups excluding carboxylic acids is 1. The molecule has 23 heavy (non-hydrogen) atoms. The van der Waals surface area contributed by atoms with E-state index in [1.165, 1.54) is 6.33 Å². The maximum absolute atomic E-state index is 12.3. The van der Waals surface area contributed by atoms with Gasteiger partial charge in [-0.05, 0) is 33.6 Å². The van der Waals surface area contributed by atoms with Gasteiger partial charge in [-0.15, -0.1) is 5.10 Å². The number of likely N-dealkylation sites (tertiary alicyclic amines) is 1. The van der Waals surface area contributed by atoms with Crippen LogP contribution >= 0.6 is 0 Å². The second-order valence-electron chi connectivity index (χ2n) is 6.69. The average Bonchev–Trinajstić information content (AvgIpc) is 2.91. The van der Waals surface area contributed by atoms with E-state index in [-0.39, 0.29) is 12.1 Å². The lowest BCUT2D eigenvalue weighted by Crippen LogP contribution is -2.43. The number of fused-ring (bicyclic) bond motifs is 1. The summed E-state index contributed by atoms with van der Waals surface area (Å²) in [5.41, 5.74) is 6.36. The van der Waals surface area contributed by atoms with Crippen LogP contribution in [0, 0.1) is 0 Å². The zero-order valence-corrected chi connectivity index (χ0v) is 13.6. The standard InChI is InChI=1S/C14H21N7O2/c1-14(2,3)23-13(22)20-6-4-5-9(7-20)21-12-10(18-19-21)11(15)16-8-17-12/h8-9H,4-7H2,1-3H3,(H2,15,16,17). The SMILES string of the molecule is CC(C)(C)OC(=O)N1CCCC(n2nnc3c(N)ncnc32)C1. The first-order valence-electron chi connectivity index (χ1n) is 7.64. The van der Waals surface area contributed by atoms with Crippen molar-refractivity contribution in [2.24, 2.45) is 0 Å². The number of rotatable bonds is 1. The third-order valence-electron chi connectivity index (χ3n) is 3.68. The predicted molar refractivity (Wildman–Crippen MR) is 83.6 cm³/mol. The lowest BCUT2D eigenvalue weighted by Gasteiger charge is -2.33. The molecule has 1 aliphatic rings. The summed E-state index contributed by atoms with van der Waals surface area (Å²) in [6.07, 6.45) is 2.85. The second kappa shape index (κ2) is 5.64. The number of carbonyl (C=O) groups is 1. The maximum Gasteiger partial charge on any atom is 0.410 e. The minimum absolute atomic E-state index is 0.00410. The van der Waals surface area contributed by atoms with Crippen molar-refractivity contribution in [1.29, 1.82) is 0 Å². The Kier molecular flexibility index (Phi) is 3.78. The maximum atomic E-state index is 12.3. The molecule has 0 saturated carbocycles. The molecule has 0 aliphatic carbocycles. The molecule has 0 aromatic carbocycles. The zero-order valence-electron chi connectivity index (χ0n) is 13.6. The van der Waals surface area contributed by atoms with Crippen molar-refractivity contribution in [3.63, 3.8) is 0 Å². The molecule has 124 valence electrons. The van der Waals surface area contributed by atoms with Gasteiger partial charge in [-0.3, -0.25) is 0 Å². The predicted octanol–water partition coefficient (Wildman–Crippen LogP) is 1.38. The van der Waals surface area contributed by atoms with Crippen molar-refractivity contribution >= 4 is 23.1 Å². The summed E-state index contributed by atoms with van der Waals surface area (Å²) in [5, 5.41) is 8.20. The summed E-state index contributed by atoms with van der Waals surface area (Å²) in [6.45, 7) is 6.76. The van der Waals surface area contributed by atoms with Crippen LogP contribution in [0.3, 0.4) is 0 Å². The van der Waals surface area contributed by atoms with Gasteiger partial charge in [0.15, 0.2) is 17.0 Å². The number of amides is 1. The minimum atomic E-state index is -0.508. The third-order valence-corrected chi connectivity index (χ3v) is 3.68. The summed E-state index contributed by atoms with van der Waals surface area (Å²) in [7, 11) is 0. The molecule has 2 aromatic rings. The van der Waals surface area contributed by atoms with Crippen LogP contribution in [0.2, 0.25) is 0 Å². The van der Waals surface area contributed by atoms with Crippen molar-refractivity contribution in [3.8, 4) is 0 Å². The zero-order chi connectivity index (χ0) is 16.6. The Morgan fingerprint density at radius 3 is 2.91 bits per heavy atom. The number of ether oxygens (including phenoxy) is 1. The molecule has 0 bridgehead atoms. The van der Waals surface area contributed by atoms with Crippen molar-refractivity contribution in [2.75, 3.05) is 18.8 Å². The second-order valence-corrected chi connectivity index (χ2v) is 6.69. The number of hydrogen-bond acceptors (Lipinski definition) is 7. The monoisotopic (exact) mass is 319 g/mol. The van der Waals surface area contributed by atoms with Gasteiger partial charge in [0.05, 0.1) is 6.04 Å². The third kappa shape index (κ3) is 3.17. The first-order chi connectivity index (χ1) is 10.8. The molecule has 1 fully saturated rings. The topological polar surface area (TPSA) is 112 Å². The number of nitrogens with two attached hydrogens (primary N) is 1. The van der Waals surface area contributed by atoms with Gasteiger partial charge in [-0.2, -0.15) is 0 Å². The van der Waals surface area contributed by atoms with Crippen molar-refractivity contribution in [3.05, 3.63) is 6.33 Å². The molecular weight excluding hydrogens is 298 g/mol. The van der Waals surface area contributed by atoms with Gasteiger partial charge in [0.1, 0.15) is 11.9 Å². The van der Waals surface area contributed by atoms with Crippen LogP contribution in [0.15, 0.2) is 6.33 Å². The van der Waals surface area contributed by atoms with E-state index in [1.54, 1.807) is 9.58 Å². The molecule has 2 aromatic heterocycles. The van der Waals surface area contributed by atoms with Crippen molar-refractivity contribution < 1.29 is 9.53 Å². The number of anilines is 1. The Bertz CT molecular complexity index is 721. The van der Waals surface area contributed by atoms with Crippen molar-refractivity contribution in [2.45, 2.75) is 45.3 Å². The summed E-state index contributed by atoms with van der Waals surface area (Å²) < 4.78 is 7.17. The Morgan fingerprint density at radius 2 is 2.17 bits per heavy atom. The van der Waals surface area contributed by atoms with Gasteiger partial charge in [-0.25, -0.2) is 19.4 Å². The number of nitrogen functional groups attached to an aromatic ring is 1. The lowest BCUT2D eigenvalue weighted by molar-refractivity contribution is 0.0168. The van der Waals surface area contributed by atoms with Crippen LogP contribution in [0.4, 0.5) is 10.6 Å². The van der Waals surface area contributed by atoms with E-state index in [1.807, 2.05) is 20.8 Å². The summed E-state index contributed by atoms with van der Waals surface area (Å²) >= 11 is 0. The average molecular weight is 319 g/mol. The highest BCUT2D eigenvalue weighted by atomic mass is 16.6. The largest absolute Gasteiger partial charge is 0.444 e. The Hall–Kier alpha value is -2.45. The van der Waals surface area contributed by atoms with Gasteiger partial charge in [0, 0.05) is 13.1 Å². The van der Waals surface area contributed by atoms with Crippen LogP contribution in [-0.2, 0) is 4.74 Å². The summed E-state index contributed by atoms with van der Waals surface area (Å²) in [6, 6.07) is -0.00410. The van der Waals surface area contributed by atoms with E-state index in [0.717, 1.165) is 12.8 Å². The molecule has 9 nitrogen and oxygen atoms in total. The highest BCUT2D eigenvalue weighted by Gasteiger charge is 2.30. The van der Waals surface area contributed by atoms with Crippen LogP contribution in [0.5, 0.6) is 0 Å². The van der Waals surface area contributed by atoms with E-state index < -0.39 is 5.60 Å². The van der Waals surface area contributed by atoms with E-state index in [0.29, 0.717) is 30.1 Å². The smallest absolute Gasteiger partial charge is 0.410 e. The number of aromatic nitrogens is 5.